The Balaban J connectivity index is 2.15. The van der Waals surface area contributed by atoms with Crippen LogP contribution in [0.2, 0.25) is 0 Å². The van der Waals surface area contributed by atoms with Gasteiger partial charge in [-0.2, -0.15) is 0 Å². The van der Waals surface area contributed by atoms with E-state index >= 15 is 0 Å². The minimum Gasteiger partial charge on any atom is -0.397 e. The fraction of sp³-hybridized carbons (Fsp3) is 0.471. The topological polar surface area (TPSA) is 58.4 Å². The first kappa shape index (κ1) is 15.4. The van der Waals surface area contributed by atoms with Gasteiger partial charge in [-0.1, -0.05) is 19.1 Å². The molecule has 0 atom stereocenters. The number of nitrogens with two attached hydrogens (primary N) is 1. The normalized spacial score (nSPS) is 13.9. The second-order valence-electron chi connectivity index (χ2n) is 5.43. The summed E-state index contributed by atoms with van der Waals surface area (Å²) in [5.74, 6) is 0. The van der Waals surface area contributed by atoms with Crippen LogP contribution in [0.5, 0.6) is 0 Å². The van der Waals surface area contributed by atoms with Crippen LogP contribution in [0, 0.1) is 0 Å². The SMILES string of the molecule is CCCN(CC)C(=O)Nc1cc(C2=CCCC2)ccc1N. The molecule has 1 aromatic carbocycles. The minimum atomic E-state index is -0.0800. The summed E-state index contributed by atoms with van der Waals surface area (Å²) >= 11 is 0. The number of urea groups is 1. The van der Waals surface area contributed by atoms with Crippen molar-refractivity contribution < 1.29 is 4.79 Å². The molecule has 1 aromatic rings. The first-order valence-electron chi connectivity index (χ1n) is 7.80. The fourth-order valence-corrected chi connectivity index (χ4v) is 2.66. The van der Waals surface area contributed by atoms with E-state index in [9.17, 15) is 4.79 Å². The Labute approximate surface area is 127 Å². The summed E-state index contributed by atoms with van der Waals surface area (Å²) in [7, 11) is 0. The number of hydrogen-bond donors (Lipinski definition) is 2. The van der Waals surface area contributed by atoms with Gasteiger partial charge in [0, 0.05) is 13.1 Å². The lowest BCUT2D eigenvalue weighted by Gasteiger charge is -2.21. The quantitative estimate of drug-likeness (QED) is 0.801. The van der Waals surface area contributed by atoms with Crippen LogP contribution in [0.25, 0.3) is 5.57 Å². The summed E-state index contributed by atoms with van der Waals surface area (Å²) in [6.45, 7) is 5.51. The number of benzene rings is 1. The molecule has 0 aromatic heterocycles. The molecule has 21 heavy (non-hydrogen) atoms. The zero-order valence-corrected chi connectivity index (χ0v) is 13.0. The molecular weight excluding hydrogens is 262 g/mol. The molecule has 4 nitrogen and oxygen atoms in total. The highest BCUT2D eigenvalue weighted by Crippen LogP contribution is 2.31. The maximum Gasteiger partial charge on any atom is 0.321 e. The molecule has 1 aliphatic rings. The second-order valence-corrected chi connectivity index (χ2v) is 5.43. The average molecular weight is 287 g/mol. The van der Waals surface area contributed by atoms with Crippen molar-refractivity contribution in [2.45, 2.75) is 39.5 Å². The van der Waals surface area contributed by atoms with Gasteiger partial charge in [0.15, 0.2) is 0 Å². The van der Waals surface area contributed by atoms with Crippen molar-refractivity contribution in [3.63, 3.8) is 0 Å². The molecule has 2 rings (SSSR count). The summed E-state index contributed by atoms with van der Waals surface area (Å²) in [6, 6.07) is 5.82. The van der Waals surface area contributed by atoms with Crippen LogP contribution < -0.4 is 11.1 Å². The molecule has 0 unspecified atom stereocenters. The molecule has 4 heteroatoms. The predicted octanol–water partition coefficient (Wildman–Crippen LogP) is 4.10. The van der Waals surface area contributed by atoms with Crippen LogP contribution in [0.15, 0.2) is 24.3 Å². The van der Waals surface area contributed by atoms with Gasteiger partial charge in [-0.05, 0) is 55.9 Å². The van der Waals surface area contributed by atoms with E-state index in [1.54, 1.807) is 4.90 Å². The zero-order chi connectivity index (χ0) is 15.2. The number of nitrogens with zero attached hydrogens (tertiary/aromatic N) is 1. The van der Waals surface area contributed by atoms with Crippen LogP contribution >= 0.6 is 0 Å². The van der Waals surface area contributed by atoms with E-state index < -0.39 is 0 Å². The molecule has 0 aliphatic heterocycles. The molecule has 3 N–H and O–H groups in total. The largest absolute Gasteiger partial charge is 0.397 e. The highest BCUT2D eigenvalue weighted by molar-refractivity contribution is 5.93. The average Bonchev–Trinajstić information content (AvgIpc) is 3.01. The Bertz CT molecular complexity index is 537. The third-order valence-electron chi connectivity index (χ3n) is 3.87. The van der Waals surface area contributed by atoms with Crippen molar-refractivity contribution in [3.8, 4) is 0 Å². The first-order chi connectivity index (χ1) is 10.2. The molecule has 0 saturated heterocycles. The van der Waals surface area contributed by atoms with Crippen LogP contribution in [-0.4, -0.2) is 24.0 Å². The van der Waals surface area contributed by atoms with Gasteiger partial charge in [0.2, 0.25) is 0 Å². The highest BCUT2D eigenvalue weighted by Gasteiger charge is 2.14. The molecule has 1 aliphatic carbocycles. The molecule has 0 spiro atoms. The van der Waals surface area contributed by atoms with E-state index in [4.69, 9.17) is 5.73 Å². The highest BCUT2D eigenvalue weighted by atomic mass is 16.2. The van der Waals surface area contributed by atoms with Gasteiger partial charge in [-0.25, -0.2) is 4.79 Å². The Morgan fingerprint density at radius 1 is 1.38 bits per heavy atom. The van der Waals surface area contributed by atoms with Crippen LogP contribution in [0.4, 0.5) is 16.2 Å². The summed E-state index contributed by atoms with van der Waals surface area (Å²) in [6.07, 6.45) is 6.67. The lowest BCUT2D eigenvalue weighted by Crippen LogP contribution is -2.35. The van der Waals surface area contributed by atoms with E-state index in [0.717, 1.165) is 31.4 Å². The second kappa shape index (κ2) is 7.16. The number of rotatable bonds is 5. The smallest absolute Gasteiger partial charge is 0.321 e. The molecule has 0 fully saturated rings. The summed E-state index contributed by atoms with van der Waals surface area (Å²) < 4.78 is 0. The third kappa shape index (κ3) is 3.78. The molecule has 2 amide bonds. The van der Waals surface area contributed by atoms with Crippen molar-refractivity contribution in [1.82, 2.24) is 4.90 Å². The Morgan fingerprint density at radius 3 is 2.81 bits per heavy atom. The van der Waals surface area contributed by atoms with Gasteiger partial charge in [0.1, 0.15) is 0 Å². The third-order valence-corrected chi connectivity index (χ3v) is 3.87. The van der Waals surface area contributed by atoms with Crippen molar-refractivity contribution in [2.24, 2.45) is 0 Å². The maximum atomic E-state index is 12.3. The van der Waals surface area contributed by atoms with E-state index in [2.05, 4.69) is 18.3 Å². The Kier molecular flexibility index (Phi) is 5.26. The fourth-order valence-electron chi connectivity index (χ4n) is 2.66. The number of amides is 2. The molecule has 0 heterocycles. The monoisotopic (exact) mass is 287 g/mol. The van der Waals surface area contributed by atoms with Gasteiger partial charge in [0.25, 0.3) is 0 Å². The van der Waals surface area contributed by atoms with Crippen molar-refractivity contribution in [2.75, 3.05) is 24.1 Å². The van der Waals surface area contributed by atoms with Crippen molar-refractivity contribution in [1.29, 1.82) is 0 Å². The standard InChI is InChI=1S/C17H25N3O/c1-3-11-20(4-2)17(21)19-16-12-14(9-10-15(16)18)13-7-5-6-8-13/h7,9-10,12H,3-6,8,11,18H2,1-2H3,(H,19,21). The van der Waals surface area contributed by atoms with Crippen LogP contribution in [0.1, 0.15) is 45.1 Å². The lowest BCUT2D eigenvalue weighted by molar-refractivity contribution is 0.214. The number of nitrogen functional groups attached to an aromatic ring is 1. The van der Waals surface area contributed by atoms with Gasteiger partial charge >= 0.3 is 6.03 Å². The molecule has 0 bridgehead atoms. The number of allylic oxidation sites excluding steroid dienone is 2. The minimum absolute atomic E-state index is 0.0800. The number of carbonyl (C=O) groups excluding carboxylic acids is 1. The molecule has 0 saturated carbocycles. The van der Waals surface area contributed by atoms with Crippen molar-refractivity contribution in [3.05, 3.63) is 29.8 Å². The van der Waals surface area contributed by atoms with Gasteiger partial charge < -0.3 is 16.0 Å². The van der Waals surface area contributed by atoms with Crippen molar-refractivity contribution >= 4 is 23.0 Å². The Hall–Kier alpha value is -1.97. The van der Waals surface area contributed by atoms with Gasteiger partial charge in [-0.3, -0.25) is 0 Å². The van der Waals surface area contributed by atoms with E-state index in [1.807, 2.05) is 25.1 Å². The number of nitrogens with one attached hydrogen (secondary N) is 1. The van der Waals surface area contributed by atoms with E-state index in [-0.39, 0.29) is 6.03 Å². The van der Waals surface area contributed by atoms with Crippen LogP contribution in [0.3, 0.4) is 0 Å². The molecule has 0 radical (unpaired) electrons. The van der Waals surface area contributed by atoms with E-state index in [1.165, 1.54) is 12.0 Å². The zero-order valence-electron chi connectivity index (χ0n) is 13.0. The number of anilines is 2. The van der Waals surface area contributed by atoms with Gasteiger partial charge in [0.05, 0.1) is 11.4 Å². The maximum absolute atomic E-state index is 12.3. The van der Waals surface area contributed by atoms with E-state index in [0.29, 0.717) is 17.9 Å². The summed E-state index contributed by atoms with van der Waals surface area (Å²) in [5, 5.41) is 2.94. The number of carbonyl (C=O) groups is 1. The first-order valence-corrected chi connectivity index (χ1v) is 7.80. The van der Waals surface area contributed by atoms with Crippen LogP contribution in [-0.2, 0) is 0 Å². The van der Waals surface area contributed by atoms with Gasteiger partial charge in [-0.15, -0.1) is 0 Å². The molecule has 114 valence electrons. The predicted molar refractivity (Wildman–Crippen MR) is 89.2 cm³/mol. The molecular formula is C17H25N3O. The number of hydrogen-bond acceptors (Lipinski definition) is 2. The Morgan fingerprint density at radius 2 is 2.19 bits per heavy atom. The lowest BCUT2D eigenvalue weighted by atomic mass is 10.0. The summed E-state index contributed by atoms with van der Waals surface area (Å²) in [5.41, 5.74) is 9.83. The summed E-state index contributed by atoms with van der Waals surface area (Å²) in [4.78, 5) is 14.1.